The SMILES string of the molecule is CN(C)C(CCBr)CCc1ccc2c(c1)OCO2. The molecule has 0 radical (unpaired) electrons. The Balaban J connectivity index is 1.93. The van der Waals surface area contributed by atoms with Crippen LogP contribution in [0.2, 0.25) is 0 Å². The number of nitrogens with zero attached hydrogens (tertiary/aromatic N) is 1. The van der Waals surface area contributed by atoms with E-state index in [1.807, 2.05) is 6.07 Å². The van der Waals surface area contributed by atoms with Crippen LogP contribution >= 0.6 is 15.9 Å². The normalized spacial score (nSPS) is 15.1. The van der Waals surface area contributed by atoms with Gasteiger partial charge in [-0.05, 0) is 51.1 Å². The lowest BCUT2D eigenvalue weighted by Gasteiger charge is -2.23. The van der Waals surface area contributed by atoms with E-state index >= 15 is 0 Å². The lowest BCUT2D eigenvalue weighted by molar-refractivity contribution is 0.174. The average Bonchev–Trinajstić information content (AvgIpc) is 2.81. The second-order valence-electron chi connectivity index (χ2n) is 4.82. The topological polar surface area (TPSA) is 21.7 Å². The van der Waals surface area contributed by atoms with Crippen molar-refractivity contribution in [1.82, 2.24) is 4.90 Å². The zero-order valence-corrected chi connectivity index (χ0v) is 12.6. The molecule has 0 aliphatic carbocycles. The molecule has 1 aliphatic rings. The molecule has 0 spiro atoms. The summed E-state index contributed by atoms with van der Waals surface area (Å²) >= 11 is 3.52. The number of rotatable bonds is 6. The van der Waals surface area contributed by atoms with Gasteiger partial charge in [0.05, 0.1) is 0 Å². The van der Waals surface area contributed by atoms with E-state index in [1.165, 1.54) is 12.0 Å². The summed E-state index contributed by atoms with van der Waals surface area (Å²) in [5.41, 5.74) is 1.32. The third kappa shape index (κ3) is 3.39. The monoisotopic (exact) mass is 313 g/mol. The molecule has 0 bridgehead atoms. The number of benzene rings is 1. The molecule has 100 valence electrons. The predicted molar refractivity (Wildman–Crippen MR) is 76.8 cm³/mol. The highest BCUT2D eigenvalue weighted by Crippen LogP contribution is 2.32. The summed E-state index contributed by atoms with van der Waals surface area (Å²) in [6.45, 7) is 0.350. The number of ether oxygens (including phenoxy) is 2. The third-order valence-corrected chi connectivity index (χ3v) is 3.83. The van der Waals surface area contributed by atoms with Crippen molar-refractivity contribution in [2.24, 2.45) is 0 Å². The zero-order chi connectivity index (χ0) is 13.0. The van der Waals surface area contributed by atoms with Crippen LogP contribution in [0, 0.1) is 0 Å². The molecular weight excluding hydrogens is 294 g/mol. The molecule has 0 fully saturated rings. The maximum absolute atomic E-state index is 5.40. The first-order valence-electron chi connectivity index (χ1n) is 6.31. The maximum Gasteiger partial charge on any atom is 0.231 e. The van der Waals surface area contributed by atoms with Gasteiger partial charge in [-0.25, -0.2) is 0 Å². The summed E-state index contributed by atoms with van der Waals surface area (Å²) in [6.07, 6.45) is 3.42. The van der Waals surface area contributed by atoms with Gasteiger partial charge in [0.1, 0.15) is 0 Å². The molecular formula is C14H20BrNO2. The van der Waals surface area contributed by atoms with Crippen molar-refractivity contribution in [2.45, 2.75) is 25.3 Å². The van der Waals surface area contributed by atoms with Crippen LogP contribution in [0.15, 0.2) is 18.2 Å². The van der Waals surface area contributed by atoms with Crippen LogP contribution in [0.3, 0.4) is 0 Å². The van der Waals surface area contributed by atoms with Crippen molar-refractivity contribution < 1.29 is 9.47 Å². The van der Waals surface area contributed by atoms with Gasteiger partial charge in [-0.1, -0.05) is 22.0 Å². The summed E-state index contributed by atoms with van der Waals surface area (Å²) < 4.78 is 10.7. The second-order valence-corrected chi connectivity index (χ2v) is 5.61. The molecule has 4 heteroatoms. The number of fused-ring (bicyclic) bond motifs is 1. The second kappa shape index (κ2) is 6.43. The van der Waals surface area contributed by atoms with E-state index in [2.05, 4.69) is 47.1 Å². The van der Waals surface area contributed by atoms with E-state index in [1.54, 1.807) is 0 Å². The molecule has 1 heterocycles. The Morgan fingerprint density at radius 1 is 1.22 bits per heavy atom. The van der Waals surface area contributed by atoms with Gasteiger partial charge in [-0.3, -0.25) is 0 Å². The van der Waals surface area contributed by atoms with E-state index in [0.717, 1.165) is 29.7 Å². The van der Waals surface area contributed by atoms with Crippen molar-refractivity contribution >= 4 is 15.9 Å². The van der Waals surface area contributed by atoms with E-state index in [-0.39, 0.29) is 0 Å². The average molecular weight is 314 g/mol. The Morgan fingerprint density at radius 2 is 2.00 bits per heavy atom. The van der Waals surface area contributed by atoms with E-state index in [0.29, 0.717) is 12.8 Å². The fourth-order valence-electron chi connectivity index (χ4n) is 2.22. The van der Waals surface area contributed by atoms with Crippen LogP contribution in [-0.4, -0.2) is 37.2 Å². The molecule has 1 aromatic carbocycles. The van der Waals surface area contributed by atoms with Gasteiger partial charge in [0.15, 0.2) is 11.5 Å². The van der Waals surface area contributed by atoms with Crippen LogP contribution < -0.4 is 9.47 Å². The molecule has 2 rings (SSSR count). The van der Waals surface area contributed by atoms with Gasteiger partial charge in [0.2, 0.25) is 6.79 Å². The molecule has 18 heavy (non-hydrogen) atoms. The Kier molecular flexibility index (Phi) is 4.89. The van der Waals surface area contributed by atoms with Crippen LogP contribution in [-0.2, 0) is 6.42 Å². The first-order chi connectivity index (χ1) is 8.70. The highest BCUT2D eigenvalue weighted by atomic mass is 79.9. The first-order valence-corrected chi connectivity index (χ1v) is 7.44. The number of aryl methyl sites for hydroxylation is 1. The van der Waals surface area contributed by atoms with Gasteiger partial charge in [-0.15, -0.1) is 0 Å². The first kappa shape index (κ1) is 13.7. The Labute approximate surface area is 117 Å². The van der Waals surface area contributed by atoms with Crippen molar-refractivity contribution in [3.05, 3.63) is 23.8 Å². The highest BCUT2D eigenvalue weighted by molar-refractivity contribution is 9.09. The van der Waals surface area contributed by atoms with Crippen molar-refractivity contribution in [3.8, 4) is 11.5 Å². The molecule has 1 unspecified atom stereocenters. The number of hydrogen-bond donors (Lipinski definition) is 0. The fraction of sp³-hybridized carbons (Fsp3) is 0.571. The Morgan fingerprint density at radius 3 is 2.72 bits per heavy atom. The Bertz CT molecular complexity index is 395. The molecule has 1 atom stereocenters. The zero-order valence-electron chi connectivity index (χ0n) is 11.0. The molecule has 0 aromatic heterocycles. The third-order valence-electron chi connectivity index (χ3n) is 3.38. The molecule has 0 saturated heterocycles. The lowest BCUT2D eigenvalue weighted by Crippen LogP contribution is -2.28. The lowest BCUT2D eigenvalue weighted by atomic mass is 10.0. The van der Waals surface area contributed by atoms with Crippen LogP contribution in [0.1, 0.15) is 18.4 Å². The number of halogens is 1. The van der Waals surface area contributed by atoms with Crippen LogP contribution in [0.4, 0.5) is 0 Å². The van der Waals surface area contributed by atoms with Gasteiger partial charge in [0, 0.05) is 11.4 Å². The van der Waals surface area contributed by atoms with Crippen molar-refractivity contribution in [3.63, 3.8) is 0 Å². The predicted octanol–water partition coefficient (Wildman–Crippen LogP) is 3.06. The standard InChI is InChI=1S/C14H20BrNO2/c1-16(2)12(7-8-15)5-3-11-4-6-13-14(9-11)18-10-17-13/h4,6,9,12H,3,5,7-8,10H2,1-2H3. The summed E-state index contributed by atoms with van der Waals surface area (Å²) in [4.78, 5) is 2.30. The number of alkyl halides is 1. The van der Waals surface area contributed by atoms with E-state index in [9.17, 15) is 0 Å². The van der Waals surface area contributed by atoms with Gasteiger partial charge in [-0.2, -0.15) is 0 Å². The number of hydrogen-bond acceptors (Lipinski definition) is 3. The minimum Gasteiger partial charge on any atom is -0.454 e. The summed E-state index contributed by atoms with van der Waals surface area (Å²) in [7, 11) is 4.29. The summed E-state index contributed by atoms with van der Waals surface area (Å²) in [5.74, 6) is 1.75. The van der Waals surface area contributed by atoms with Crippen molar-refractivity contribution in [2.75, 3.05) is 26.2 Å². The Hall–Kier alpha value is -0.740. The molecule has 3 nitrogen and oxygen atoms in total. The van der Waals surface area contributed by atoms with Crippen molar-refractivity contribution in [1.29, 1.82) is 0 Å². The summed E-state index contributed by atoms with van der Waals surface area (Å²) in [5, 5.41) is 1.05. The molecule has 1 aliphatic heterocycles. The van der Waals surface area contributed by atoms with Gasteiger partial charge >= 0.3 is 0 Å². The van der Waals surface area contributed by atoms with E-state index in [4.69, 9.17) is 9.47 Å². The van der Waals surface area contributed by atoms with Crippen LogP contribution in [0.5, 0.6) is 11.5 Å². The molecule has 0 amide bonds. The largest absolute Gasteiger partial charge is 0.454 e. The van der Waals surface area contributed by atoms with Crippen LogP contribution in [0.25, 0.3) is 0 Å². The minimum absolute atomic E-state index is 0.350. The highest BCUT2D eigenvalue weighted by Gasteiger charge is 2.15. The quantitative estimate of drug-likeness (QED) is 0.753. The molecule has 0 saturated carbocycles. The molecule has 1 aromatic rings. The van der Waals surface area contributed by atoms with Gasteiger partial charge in [0.25, 0.3) is 0 Å². The minimum atomic E-state index is 0.350. The summed E-state index contributed by atoms with van der Waals surface area (Å²) in [6, 6.07) is 6.86. The van der Waals surface area contributed by atoms with Gasteiger partial charge < -0.3 is 14.4 Å². The molecule has 0 N–H and O–H groups in total. The van der Waals surface area contributed by atoms with E-state index < -0.39 is 0 Å². The fourth-order valence-corrected chi connectivity index (χ4v) is 2.74. The smallest absolute Gasteiger partial charge is 0.231 e. The maximum atomic E-state index is 5.40.